The number of para-hydroxylation sites is 1. The van der Waals surface area contributed by atoms with Crippen molar-refractivity contribution < 1.29 is 19.4 Å². The largest absolute Gasteiger partial charge is 0.493 e. The highest BCUT2D eigenvalue weighted by molar-refractivity contribution is 8.00. The summed E-state index contributed by atoms with van der Waals surface area (Å²) in [6.07, 6.45) is 0.184. The summed E-state index contributed by atoms with van der Waals surface area (Å²) in [6.45, 7) is 4.05. The van der Waals surface area contributed by atoms with Crippen molar-refractivity contribution in [2.75, 3.05) is 12.4 Å². The summed E-state index contributed by atoms with van der Waals surface area (Å²) in [5.41, 5.74) is 1.01. The first-order valence-electron chi connectivity index (χ1n) is 6.84. The molecule has 0 bridgehead atoms. The van der Waals surface area contributed by atoms with E-state index in [1.165, 1.54) is 16.7 Å². The molecule has 1 fully saturated rings. The van der Waals surface area contributed by atoms with Crippen LogP contribution in [0.2, 0.25) is 0 Å². The van der Waals surface area contributed by atoms with Gasteiger partial charge in [-0.2, -0.15) is 0 Å². The van der Waals surface area contributed by atoms with Crippen LogP contribution in [0.15, 0.2) is 24.3 Å². The number of rotatable bonds is 5. The first-order valence-corrected chi connectivity index (χ1v) is 7.89. The van der Waals surface area contributed by atoms with Gasteiger partial charge in [0.15, 0.2) is 0 Å². The molecule has 0 spiro atoms. The lowest BCUT2D eigenvalue weighted by Gasteiger charge is -2.25. The first-order chi connectivity index (χ1) is 10.0. The number of carboxylic acids is 1. The normalized spacial score (nSPS) is 21.3. The van der Waals surface area contributed by atoms with Gasteiger partial charge in [-0.3, -0.25) is 4.79 Å². The van der Waals surface area contributed by atoms with E-state index in [1.807, 2.05) is 38.1 Å². The minimum Gasteiger partial charge on any atom is -0.493 e. The molecule has 1 aliphatic heterocycles. The summed E-state index contributed by atoms with van der Waals surface area (Å²) >= 11 is 1.49. The maximum atomic E-state index is 12.2. The van der Waals surface area contributed by atoms with Gasteiger partial charge in [0.05, 0.1) is 18.4 Å². The van der Waals surface area contributed by atoms with E-state index in [-0.39, 0.29) is 24.3 Å². The Kier molecular flexibility index (Phi) is 5.12. The zero-order valence-corrected chi connectivity index (χ0v) is 12.9. The number of nitrogens with zero attached hydrogens (tertiary/aromatic N) is 1. The lowest BCUT2D eigenvalue weighted by atomic mass is 10.2. The molecule has 2 rings (SSSR count). The summed E-state index contributed by atoms with van der Waals surface area (Å²) in [7, 11) is 0. The zero-order valence-electron chi connectivity index (χ0n) is 12.1. The summed E-state index contributed by atoms with van der Waals surface area (Å²) in [4.78, 5) is 24.8. The Balaban J connectivity index is 1.89. The molecule has 1 N–H and O–H groups in total. The summed E-state index contributed by atoms with van der Waals surface area (Å²) in [5.74, 6) is 0.0818. The molecule has 0 radical (unpaired) electrons. The van der Waals surface area contributed by atoms with Crippen molar-refractivity contribution in [3.63, 3.8) is 0 Å². The molecular formula is C15H19NO4S. The molecule has 0 aromatic heterocycles. The topological polar surface area (TPSA) is 66.8 Å². The molecule has 1 amide bonds. The van der Waals surface area contributed by atoms with Crippen LogP contribution in [0.1, 0.15) is 18.9 Å². The first kappa shape index (κ1) is 15.7. The van der Waals surface area contributed by atoms with Crippen LogP contribution >= 0.6 is 11.8 Å². The molecular weight excluding hydrogens is 290 g/mol. The van der Waals surface area contributed by atoms with Crippen molar-refractivity contribution in [3.05, 3.63) is 29.8 Å². The van der Waals surface area contributed by atoms with Gasteiger partial charge >= 0.3 is 5.97 Å². The SMILES string of the molecule is Cc1ccccc1OCCC(=O)N1C(C)SCC1C(=O)O. The Morgan fingerprint density at radius 3 is 2.81 bits per heavy atom. The van der Waals surface area contributed by atoms with E-state index in [4.69, 9.17) is 9.84 Å². The van der Waals surface area contributed by atoms with E-state index in [2.05, 4.69) is 0 Å². The number of ether oxygens (including phenoxy) is 1. The molecule has 21 heavy (non-hydrogen) atoms. The van der Waals surface area contributed by atoms with Gasteiger partial charge in [0.25, 0.3) is 0 Å². The summed E-state index contributed by atoms with van der Waals surface area (Å²) in [5, 5.41) is 9.05. The molecule has 1 heterocycles. The number of carbonyl (C=O) groups excluding carboxylic acids is 1. The van der Waals surface area contributed by atoms with Crippen LogP contribution in [0.5, 0.6) is 5.75 Å². The summed E-state index contributed by atoms with van der Waals surface area (Å²) in [6, 6.07) is 6.87. The number of aliphatic carboxylic acids is 1. The lowest BCUT2D eigenvalue weighted by Crippen LogP contribution is -2.45. The van der Waals surface area contributed by atoms with E-state index in [0.717, 1.165) is 11.3 Å². The summed E-state index contributed by atoms with van der Waals surface area (Å²) < 4.78 is 5.60. The fraction of sp³-hybridized carbons (Fsp3) is 0.467. The Labute approximate surface area is 128 Å². The van der Waals surface area contributed by atoms with E-state index < -0.39 is 12.0 Å². The third-order valence-corrected chi connectivity index (χ3v) is 4.68. The van der Waals surface area contributed by atoms with Crippen LogP contribution in [0.3, 0.4) is 0 Å². The number of benzene rings is 1. The molecule has 1 aromatic carbocycles. The van der Waals surface area contributed by atoms with Crippen molar-refractivity contribution in [2.45, 2.75) is 31.7 Å². The number of amides is 1. The fourth-order valence-corrected chi connectivity index (χ4v) is 3.50. The molecule has 5 nitrogen and oxygen atoms in total. The number of carbonyl (C=O) groups is 2. The molecule has 2 atom stereocenters. The predicted molar refractivity (Wildman–Crippen MR) is 81.5 cm³/mol. The van der Waals surface area contributed by atoms with Gasteiger partial charge in [-0.1, -0.05) is 18.2 Å². The van der Waals surface area contributed by atoms with Crippen LogP contribution in [0, 0.1) is 6.92 Å². The van der Waals surface area contributed by atoms with E-state index >= 15 is 0 Å². The average molecular weight is 309 g/mol. The lowest BCUT2D eigenvalue weighted by molar-refractivity contribution is -0.149. The van der Waals surface area contributed by atoms with Crippen molar-refractivity contribution >= 4 is 23.6 Å². The number of aryl methyl sites for hydroxylation is 1. The van der Waals surface area contributed by atoms with Gasteiger partial charge < -0.3 is 14.7 Å². The van der Waals surface area contributed by atoms with Gasteiger partial charge in [-0.05, 0) is 25.5 Å². The van der Waals surface area contributed by atoms with E-state index in [0.29, 0.717) is 5.75 Å². The molecule has 1 saturated heterocycles. The highest BCUT2D eigenvalue weighted by atomic mass is 32.2. The Morgan fingerprint density at radius 2 is 2.14 bits per heavy atom. The minimum atomic E-state index is -0.944. The molecule has 1 aliphatic rings. The van der Waals surface area contributed by atoms with Gasteiger partial charge in [-0.25, -0.2) is 4.79 Å². The maximum Gasteiger partial charge on any atom is 0.327 e. The number of hydrogen-bond donors (Lipinski definition) is 1. The minimum absolute atomic E-state index is 0.0999. The van der Waals surface area contributed by atoms with Crippen molar-refractivity contribution in [1.29, 1.82) is 0 Å². The molecule has 114 valence electrons. The van der Waals surface area contributed by atoms with E-state index in [9.17, 15) is 9.59 Å². The zero-order chi connectivity index (χ0) is 15.4. The monoisotopic (exact) mass is 309 g/mol. The van der Waals surface area contributed by atoms with Crippen LogP contribution < -0.4 is 4.74 Å². The van der Waals surface area contributed by atoms with Crippen LogP contribution in [-0.2, 0) is 9.59 Å². The fourth-order valence-electron chi connectivity index (χ4n) is 2.31. The second-order valence-corrected chi connectivity index (χ2v) is 6.30. The van der Waals surface area contributed by atoms with Gasteiger partial charge in [0.2, 0.25) is 5.91 Å². The molecule has 6 heteroatoms. The molecule has 1 aromatic rings. The van der Waals surface area contributed by atoms with Gasteiger partial charge in [0, 0.05) is 5.75 Å². The number of carboxylic acid groups (broad SMARTS) is 1. The Bertz CT molecular complexity index is 534. The van der Waals surface area contributed by atoms with E-state index in [1.54, 1.807) is 0 Å². The van der Waals surface area contributed by atoms with Gasteiger partial charge in [-0.15, -0.1) is 11.8 Å². The second-order valence-electron chi connectivity index (χ2n) is 4.95. The number of hydrogen-bond acceptors (Lipinski definition) is 4. The molecule has 0 saturated carbocycles. The highest BCUT2D eigenvalue weighted by Crippen LogP contribution is 2.29. The van der Waals surface area contributed by atoms with Gasteiger partial charge in [0.1, 0.15) is 11.8 Å². The molecule has 0 aliphatic carbocycles. The molecule has 2 unspecified atom stereocenters. The second kappa shape index (κ2) is 6.85. The third kappa shape index (κ3) is 3.69. The Morgan fingerprint density at radius 1 is 1.43 bits per heavy atom. The van der Waals surface area contributed by atoms with Crippen molar-refractivity contribution in [2.24, 2.45) is 0 Å². The number of thioether (sulfide) groups is 1. The predicted octanol–water partition coefficient (Wildman–Crippen LogP) is 2.14. The van der Waals surface area contributed by atoms with Crippen LogP contribution in [0.25, 0.3) is 0 Å². The Hall–Kier alpha value is -1.69. The standard InChI is InChI=1S/C15H19NO4S/c1-10-5-3-4-6-13(10)20-8-7-14(17)16-11(2)21-9-12(16)15(18)19/h3-6,11-12H,7-9H2,1-2H3,(H,18,19). The van der Waals surface area contributed by atoms with Crippen molar-refractivity contribution in [1.82, 2.24) is 4.90 Å². The van der Waals surface area contributed by atoms with Crippen molar-refractivity contribution in [3.8, 4) is 5.75 Å². The van der Waals surface area contributed by atoms with Crippen LogP contribution in [-0.4, -0.2) is 45.7 Å². The smallest absolute Gasteiger partial charge is 0.327 e. The van der Waals surface area contributed by atoms with Crippen LogP contribution in [0.4, 0.5) is 0 Å². The maximum absolute atomic E-state index is 12.2. The third-order valence-electron chi connectivity index (χ3n) is 3.46. The highest BCUT2D eigenvalue weighted by Gasteiger charge is 2.39. The average Bonchev–Trinajstić information content (AvgIpc) is 2.83. The quantitative estimate of drug-likeness (QED) is 0.902.